The minimum absolute atomic E-state index is 0.0145. The van der Waals surface area contributed by atoms with Crippen LogP contribution in [-0.4, -0.2) is 23.7 Å². The second-order valence-corrected chi connectivity index (χ2v) is 5.45. The fourth-order valence-electron chi connectivity index (χ4n) is 2.65. The van der Waals surface area contributed by atoms with E-state index in [2.05, 4.69) is 5.32 Å². The highest BCUT2D eigenvalue weighted by Gasteiger charge is 2.47. The molecule has 0 aliphatic heterocycles. The number of halogens is 2. The molecule has 0 saturated heterocycles. The molecule has 1 aromatic rings. The summed E-state index contributed by atoms with van der Waals surface area (Å²) in [6.07, 6.45) is 2.42. The summed E-state index contributed by atoms with van der Waals surface area (Å²) in [6.45, 7) is 1.78. The quantitative estimate of drug-likeness (QED) is 0.871. The van der Waals surface area contributed by atoms with Gasteiger partial charge in [-0.15, -0.1) is 0 Å². The van der Waals surface area contributed by atoms with Crippen molar-refractivity contribution in [3.8, 4) is 0 Å². The van der Waals surface area contributed by atoms with E-state index in [-0.39, 0.29) is 24.1 Å². The first kappa shape index (κ1) is 14.9. The second-order valence-electron chi connectivity index (χ2n) is 5.45. The monoisotopic (exact) mass is 283 g/mol. The highest BCUT2D eigenvalue weighted by molar-refractivity contribution is 5.89. The standard InChI is InChI=1S/C15H19F2NO2/c1-10(5-8-19)18-14(20)15(6-2-7-15)12-4-3-11(16)9-13(12)17/h3-4,9-10,19H,2,5-8H2,1H3,(H,18,20). The van der Waals surface area contributed by atoms with Gasteiger partial charge >= 0.3 is 0 Å². The van der Waals surface area contributed by atoms with Crippen molar-refractivity contribution in [3.05, 3.63) is 35.4 Å². The van der Waals surface area contributed by atoms with E-state index in [0.29, 0.717) is 19.3 Å². The Bertz CT molecular complexity index is 501. The summed E-state index contributed by atoms with van der Waals surface area (Å²) in [5.74, 6) is -1.56. The number of hydrogen-bond acceptors (Lipinski definition) is 2. The molecular weight excluding hydrogens is 264 g/mol. The summed E-state index contributed by atoms with van der Waals surface area (Å²) in [7, 11) is 0. The minimum atomic E-state index is -0.887. The van der Waals surface area contributed by atoms with Gasteiger partial charge < -0.3 is 10.4 Å². The molecule has 1 atom stereocenters. The zero-order valence-corrected chi connectivity index (χ0v) is 11.5. The lowest BCUT2D eigenvalue weighted by Crippen LogP contribution is -2.52. The molecule has 2 rings (SSSR count). The summed E-state index contributed by atoms with van der Waals surface area (Å²) >= 11 is 0. The topological polar surface area (TPSA) is 49.3 Å². The summed E-state index contributed by atoms with van der Waals surface area (Å²) in [5, 5.41) is 11.7. The number of carbonyl (C=O) groups is 1. The first-order valence-electron chi connectivity index (χ1n) is 6.87. The molecule has 2 N–H and O–H groups in total. The maximum Gasteiger partial charge on any atom is 0.230 e. The van der Waals surface area contributed by atoms with Gasteiger partial charge in [0.15, 0.2) is 0 Å². The van der Waals surface area contributed by atoms with Gasteiger partial charge in [-0.2, -0.15) is 0 Å². The predicted molar refractivity (Wildman–Crippen MR) is 71.2 cm³/mol. The van der Waals surface area contributed by atoms with Gasteiger partial charge in [0.25, 0.3) is 0 Å². The molecule has 5 heteroatoms. The minimum Gasteiger partial charge on any atom is -0.396 e. The van der Waals surface area contributed by atoms with Crippen LogP contribution < -0.4 is 5.32 Å². The molecule has 1 amide bonds. The summed E-state index contributed by atoms with van der Waals surface area (Å²) in [6, 6.07) is 3.19. The van der Waals surface area contributed by atoms with Gasteiger partial charge in [-0.1, -0.05) is 12.5 Å². The van der Waals surface area contributed by atoms with Crippen molar-refractivity contribution in [2.75, 3.05) is 6.61 Å². The van der Waals surface area contributed by atoms with Crippen LogP contribution in [0.15, 0.2) is 18.2 Å². The third-order valence-electron chi connectivity index (χ3n) is 4.03. The van der Waals surface area contributed by atoms with Crippen LogP contribution in [-0.2, 0) is 10.2 Å². The van der Waals surface area contributed by atoms with E-state index in [1.54, 1.807) is 6.92 Å². The van der Waals surface area contributed by atoms with E-state index in [9.17, 15) is 13.6 Å². The molecule has 0 radical (unpaired) electrons. The van der Waals surface area contributed by atoms with Gasteiger partial charge in [-0.05, 0) is 32.3 Å². The number of amides is 1. The second kappa shape index (κ2) is 5.87. The van der Waals surface area contributed by atoms with Gasteiger partial charge in [-0.25, -0.2) is 8.78 Å². The van der Waals surface area contributed by atoms with Crippen LogP contribution in [0.1, 0.15) is 38.2 Å². The van der Waals surface area contributed by atoms with Crippen molar-refractivity contribution in [2.24, 2.45) is 0 Å². The molecule has 0 heterocycles. The molecule has 1 aromatic carbocycles. The third-order valence-corrected chi connectivity index (χ3v) is 4.03. The van der Waals surface area contributed by atoms with Gasteiger partial charge in [0.2, 0.25) is 5.91 Å². The average molecular weight is 283 g/mol. The van der Waals surface area contributed by atoms with Gasteiger partial charge in [0.05, 0.1) is 5.41 Å². The Morgan fingerprint density at radius 1 is 1.45 bits per heavy atom. The molecule has 0 bridgehead atoms. The fourth-order valence-corrected chi connectivity index (χ4v) is 2.65. The molecule has 3 nitrogen and oxygen atoms in total. The molecule has 20 heavy (non-hydrogen) atoms. The van der Waals surface area contributed by atoms with Crippen molar-refractivity contribution < 1.29 is 18.7 Å². The van der Waals surface area contributed by atoms with Gasteiger partial charge in [0.1, 0.15) is 11.6 Å². The van der Waals surface area contributed by atoms with E-state index >= 15 is 0 Å². The average Bonchev–Trinajstić information content (AvgIpc) is 2.30. The van der Waals surface area contributed by atoms with Gasteiger partial charge in [-0.3, -0.25) is 4.79 Å². The summed E-state index contributed by atoms with van der Waals surface area (Å²) in [4.78, 5) is 12.4. The molecule has 1 fully saturated rings. The largest absolute Gasteiger partial charge is 0.396 e. The van der Waals surface area contributed by atoms with Crippen LogP contribution in [0, 0.1) is 11.6 Å². The number of aliphatic hydroxyl groups is 1. The SMILES string of the molecule is CC(CCO)NC(=O)C1(c2ccc(F)cc2F)CCC1. The predicted octanol–water partition coefficient (Wildman–Crippen LogP) is 2.27. The Morgan fingerprint density at radius 3 is 2.65 bits per heavy atom. The van der Waals surface area contributed by atoms with Crippen LogP contribution in [0.5, 0.6) is 0 Å². The Morgan fingerprint density at radius 2 is 2.15 bits per heavy atom. The van der Waals surface area contributed by atoms with Crippen LogP contribution in [0.4, 0.5) is 8.78 Å². The van der Waals surface area contributed by atoms with Crippen LogP contribution >= 0.6 is 0 Å². The highest BCUT2D eigenvalue weighted by Crippen LogP contribution is 2.45. The van der Waals surface area contributed by atoms with E-state index < -0.39 is 17.0 Å². The number of rotatable bonds is 5. The summed E-state index contributed by atoms with van der Waals surface area (Å²) < 4.78 is 27.0. The van der Waals surface area contributed by atoms with Crippen LogP contribution in [0.2, 0.25) is 0 Å². The lowest BCUT2D eigenvalue weighted by atomic mass is 9.63. The maximum atomic E-state index is 14.0. The van der Waals surface area contributed by atoms with Crippen molar-refractivity contribution >= 4 is 5.91 Å². The molecule has 110 valence electrons. The molecular formula is C15H19F2NO2. The van der Waals surface area contributed by atoms with E-state index in [1.807, 2.05) is 0 Å². The Hall–Kier alpha value is -1.49. The maximum absolute atomic E-state index is 14.0. The first-order chi connectivity index (χ1) is 9.49. The Kier molecular flexibility index (Phi) is 4.38. The van der Waals surface area contributed by atoms with Crippen molar-refractivity contribution in [2.45, 2.75) is 44.1 Å². The first-order valence-corrected chi connectivity index (χ1v) is 6.87. The van der Waals surface area contributed by atoms with Crippen molar-refractivity contribution in [1.82, 2.24) is 5.32 Å². The fraction of sp³-hybridized carbons (Fsp3) is 0.533. The summed E-state index contributed by atoms with van der Waals surface area (Å²) in [5.41, 5.74) is -0.625. The lowest BCUT2D eigenvalue weighted by Gasteiger charge is -2.41. The normalized spacial score (nSPS) is 18.2. The molecule has 1 aliphatic rings. The number of benzene rings is 1. The van der Waals surface area contributed by atoms with Crippen molar-refractivity contribution in [1.29, 1.82) is 0 Å². The van der Waals surface area contributed by atoms with Crippen LogP contribution in [0.3, 0.4) is 0 Å². The van der Waals surface area contributed by atoms with Crippen LogP contribution in [0.25, 0.3) is 0 Å². The van der Waals surface area contributed by atoms with E-state index in [0.717, 1.165) is 12.5 Å². The highest BCUT2D eigenvalue weighted by atomic mass is 19.1. The molecule has 0 spiro atoms. The zero-order chi connectivity index (χ0) is 14.8. The third kappa shape index (κ3) is 2.68. The Labute approximate surface area is 117 Å². The Balaban J connectivity index is 2.23. The lowest BCUT2D eigenvalue weighted by molar-refractivity contribution is -0.130. The number of nitrogens with one attached hydrogen (secondary N) is 1. The van der Waals surface area contributed by atoms with Crippen molar-refractivity contribution in [3.63, 3.8) is 0 Å². The van der Waals surface area contributed by atoms with Gasteiger partial charge in [0, 0.05) is 24.3 Å². The molecule has 1 saturated carbocycles. The van der Waals surface area contributed by atoms with E-state index in [1.165, 1.54) is 12.1 Å². The zero-order valence-electron chi connectivity index (χ0n) is 11.5. The number of hydrogen-bond donors (Lipinski definition) is 2. The number of carbonyl (C=O) groups excluding carboxylic acids is 1. The van der Waals surface area contributed by atoms with E-state index in [4.69, 9.17) is 5.11 Å². The molecule has 0 aromatic heterocycles. The molecule has 1 unspecified atom stereocenters. The number of aliphatic hydroxyl groups excluding tert-OH is 1. The molecule has 1 aliphatic carbocycles. The smallest absolute Gasteiger partial charge is 0.230 e.